The summed E-state index contributed by atoms with van der Waals surface area (Å²) < 4.78 is 11.5. The molecule has 0 radical (unpaired) electrons. The van der Waals surface area contributed by atoms with Gasteiger partial charge in [0.25, 0.3) is 0 Å². The fourth-order valence-corrected chi connectivity index (χ4v) is 4.60. The Morgan fingerprint density at radius 3 is 2.38 bits per heavy atom. The summed E-state index contributed by atoms with van der Waals surface area (Å²) in [5.74, 6) is 1.52. The van der Waals surface area contributed by atoms with Gasteiger partial charge in [0, 0.05) is 18.0 Å². The standard InChI is InChI=1S/C27H27NO3.ClH/c29-27-25-9-5-4-8-23(25)24-11-10-22(19-26(24)31-27)30-17-16-28-14-12-21(13-15-28)18-20-6-2-1-3-7-20;/h1-11,19,21H,12-18H2;1H. The number of halogens is 1. The van der Waals surface area contributed by atoms with Crippen molar-refractivity contribution >= 4 is 34.1 Å². The lowest BCUT2D eigenvalue weighted by atomic mass is 9.90. The first-order valence-electron chi connectivity index (χ1n) is 11.1. The third-order valence-corrected chi connectivity index (χ3v) is 6.34. The molecule has 2 heterocycles. The molecule has 5 heteroatoms. The van der Waals surface area contributed by atoms with Gasteiger partial charge >= 0.3 is 5.63 Å². The van der Waals surface area contributed by atoms with Gasteiger partial charge in [-0.05, 0) is 67.4 Å². The summed E-state index contributed by atoms with van der Waals surface area (Å²) in [6.07, 6.45) is 3.66. The maximum Gasteiger partial charge on any atom is 0.344 e. The first-order valence-corrected chi connectivity index (χ1v) is 11.1. The molecule has 166 valence electrons. The quantitative estimate of drug-likeness (QED) is 0.279. The van der Waals surface area contributed by atoms with Crippen molar-refractivity contribution in [1.29, 1.82) is 0 Å². The lowest BCUT2D eigenvalue weighted by molar-refractivity contribution is 0.155. The zero-order valence-corrected chi connectivity index (χ0v) is 18.9. The predicted octanol–water partition coefficient (Wildman–Crippen LogP) is 5.70. The second-order valence-electron chi connectivity index (χ2n) is 8.42. The molecule has 4 nitrogen and oxygen atoms in total. The Labute approximate surface area is 194 Å². The zero-order chi connectivity index (χ0) is 21.0. The molecule has 4 aromatic rings. The summed E-state index contributed by atoms with van der Waals surface area (Å²) in [6, 6.07) is 24.1. The molecule has 5 rings (SSSR count). The van der Waals surface area contributed by atoms with Crippen LogP contribution in [0.4, 0.5) is 0 Å². The number of hydrogen-bond acceptors (Lipinski definition) is 4. The molecule has 0 unspecified atom stereocenters. The van der Waals surface area contributed by atoms with E-state index in [9.17, 15) is 4.79 Å². The van der Waals surface area contributed by atoms with Gasteiger partial charge in [-0.2, -0.15) is 0 Å². The van der Waals surface area contributed by atoms with E-state index in [1.54, 1.807) is 6.07 Å². The number of hydrogen-bond donors (Lipinski definition) is 0. The van der Waals surface area contributed by atoms with E-state index in [2.05, 4.69) is 35.2 Å². The summed E-state index contributed by atoms with van der Waals surface area (Å²) in [6.45, 7) is 3.79. The molecular weight excluding hydrogens is 422 g/mol. The van der Waals surface area contributed by atoms with E-state index < -0.39 is 0 Å². The van der Waals surface area contributed by atoms with Gasteiger partial charge in [0.15, 0.2) is 0 Å². The molecule has 0 spiro atoms. The Balaban J connectivity index is 0.00000245. The number of rotatable bonds is 6. The predicted molar refractivity (Wildman–Crippen MR) is 132 cm³/mol. The molecule has 0 amide bonds. The summed E-state index contributed by atoms with van der Waals surface area (Å²) in [5.41, 5.74) is 1.71. The van der Waals surface area contributed by atoms with Crippen molar-refractivity contribution in [2.24, 2.45) is 5.92 Å². The molecule has 32 heavy (non-hydrogen) atoms. The van der Waals surface area contributed by atoms with Gasteiger partial charge in [0.1, 0.15) is 17.9 Å². The molecule has 1 fully saturated rings. The molecule has 0 saturated carbocycles. The molecule has 3 aromatic carbocycles. The topological polar surface area (TPSA) is 42.7 Å². The van der Waals surface area contributed by atoms with Gasteiger partial charge in [-0.1, -0.05) is 48.5 Å². The number of piperidine rings is 1. The number of ether oxygens (including phenoxy) is 1. The first kappa shape index (κ1) is 22.4. The van der Waals surface area contributed by atoms with E-state index in [4.69, 9.17) is 9.15 Å². The van der Waals surface area contributed by atoms with Crippen LogP contribution in [-0.4, -0.2) is 31.1 Å². The van der Waals surface area contributed by atoms with Crippen LogP contribution in [0.3, 0.4) is 0 Å². The number of benzene rings is 3. The Kier molecular flexibility index (Phi) is 7.13. The summed E-state index contributed by atoms with van der Waals surface area (Å²) in [4.78, 5) is 14.7. The van der Waals surface area contributed by atoms with Gasteiger partial charge < -0.3 is 9.15 Å². The number of likely N-dealkylation sites (tertiary alicyclic amines) is 1. The second kappa shape index (κ2) is 10.2. The van der Waals surface area contributed by atoms with Crippen molar-refractivity contribution in [2.75, 3.05) is 26.2 Å². The highest BCUT2D eigenvalue weighted by molar-refractivity contribution is 6.04. The van der Waals surface area contributed by atoms with Gasteiger partial charge in [-0.3, -0.25) is 4.90 Å². The van der Waals surface area contributed by atoms with E-state index in [0.717, 1.165) is 42.1 Å². The van der Waals surface area contributed by atoms with Crippen LogP contribution in [0.2, 0.25) is 0 Å². The highest BCUT2D eigenvalue weighted by Crippen LogP contribution is 2.26. The van der Waals surface area contributed by atoms with E-state index >= 15 is 0 Å². The number of fused-ring (bicyclic) bond motifs is 3. The van der Waals surface area contributed by atoms with Gasteiger partial charge in [-0.25, -0.2) is 4.79 Å². The minimum absolute atomic E-state index is 0. The molecule has 1 aliphatic rings. The molecular formula is C27H28ClNO3. The normalized spacial score (nSPS) is 15.0. The van der Waals surface area contributed by atoms with Crippen molar-refractivity contribution in [3.63, 3.8) is 0 Å². The van der Waals surface area contributed by atoms with E-state index in [0.29, 0.717) is 17.6 Å². The van der Waals surface area contributed by atoms with Crippen molar-refractivity contribution < 1.29 is 9.15 Å². The second-order valence-corrected chi connectivity index (χ2v) is 8.42. The van der Waals surface area contributed by atoms with Crippen molar-refractivity contribution in [1.82, 2.24) is 4.90 Å². The monoisotopic (exact) mass is 449 g/mol. The van der Waals surface area contributed by atoms with Crippen LogP contribution in [0, 0.1) is 5.92 Å². The summed E-state index contributed by atoms with van der Waals surface area (Å²) in [7, 11) is 0. The Morgan fingerprint density at radius 1 is 0.875 bits per heavy atom. The number of nitrogens with zero attached hydrogens (tertiary/aromatic N) is 1. The van der Waals surface area contributed by atoms with E-state index in [1.807, 2.05) is 36.4 Å². The molecule has 1 aromatic heterocycles. The maximum absolute atomic E-state index is 12.3. The van der Waals surface area contributed by atoms with Gasteiger partial charge in [0.2, 0.25) is 0 Å². The highest BCUT2D eigenvalue weighted by Gasteiger charge is 2.19. The van der Waals surface area contributed by atoms with E-state index in [1.165, 1.54) is 24.8 Å². The average Bonchev–Trinajstić information content (AvgIpc) is 2.81. The maximum atomic E-state index is 12.3. The van der Waals surface area contributed by atoms with Crippen molar-refractivity contribution in [2.45, 2.75) is 19.3 Å². The van der Waals surface area contributed by atoms with Crippen LogP contribution in [0.15, 0.2) is 82.0 Å². The van der Waals surface area contributed by atoms with Crippen LogP contribution in [-0.2, 0) is 6.42 Å². The fourth-order valence-electron chi connectivity index (χ4n) is 4.60. The third kappa shape index (κ3) is 4.98. The van der Waals surface area contributed by atoms with Crippen LogP contribution < -0.4 is 10.4 Å². The van der Waals surface area contributed by atoms with Crippen LogP contribution >= 0.6 is 12.4 Å². The highest BCUT2D eigenvalue weighted by atomic mass is 35.5. The Bertz CT molecular complexity index is 1230. The van der Waals surface area contributed by atoms with Crippen molar-refractivity contribution in [3.05, 3.63) is 88.8 Å². The van der Waals surface area contributed by atoms with Crippen LogP contribution in [0.1, 0.15) is 18.4 Å². The fraction of sp³-hybridized carbons (Fsp3) is 0.296. The molecule has 0 aliphatic carbocycles. The van der Waals surface area contributed by atoms with Crippen LogP contribution in [0.25, 0.3) is 21.7 Å². The van der Waals surface area contributed by atoms with Gasteiger partial charge in [-0.15, -0.1) is 12.4 Å². The molecule has 0 atom stereocenters. The average molecular weight is 450 g/mol. The Hall–Kier alpha value is -2.82. The van der Waals surface area contributed by atoms with Crippen molar-refractivity contribution in [3.8, 4) is 5.75 Å². The SMILES string of the molecule is Cl.O=c1oc2cc(OCCN3CCC(Cc4ccccc4)CC3)ccc2c2ccccc12. The third-order valence-electron chi connectivity index (χ3n) is 6.34. The minimum Gasteiger partial charge on any atom is -0.492 e. The van der Waals surface area contributed by atoms with E-state index in [-0.39, 0.29) is 18.0 Å². The molecule has 1 aliphatic heterocycles. The lowest BCUT2D eigenvalue weighted by Gasteiger charge is -2.31. The molecule has 1 saturated heterocycles. The molecule has 0 N–H and O–H groups in total. The zero-order valence-electron chi connectivity index (χ0n) is 18.0. The Morgan fingerprint density at radius 2 is 1.59 bits per heavy atom. The smallest absolute Gasteiger partial charge is 0.344 e. The molecule has 0 bridgehead atoms. The summed E-state index contributed by atoms with van der Waals surface area (Å²) in [5, 5.41) is 2.46. The first-order chi connectivity index (χ1) is 15.3. The minimum atomic E-state index is -0.307. The van der Waals surface area contributed by atoms with Crippen LogP contribution in [0.5, 0.6) is 5.75 Å². The lowest BCUT2D eigenvalue weighted by Crippen LogP contribution is -2.37. The summed E-state index contributed by atoms with van der Waals surface area (Å²) >= 11 is 0. The van der Waals surface area contributed by atoms with Gasteiger partial charge in [0.05, 0.1) is 5.39 Å². The largest absolute Gasteiger partial charge is 0.492 e.